The summed E-state index contributed by atoms with van der Waals surface area (Å²) in [4.78, 5) is 6.11. The fourth-order valence-corrected chi connectivity index (χ4v) is 2.19. The summed E-state index contributed by atoms with van der Waals surface area (Å²) in [5.41, 5.74) is 2.46. The molecule has 112 valence electrons. The first-order chi connectivity index (χ1) is 10.0. The maximum atomic E-state index is 14.1. The topological polar surface area (TPSA) is 37.4 Å². The number of halogens is 1. The molecule has 1 aromatic heterocycles. The standard InChI is InChI=1S/C16H20FN3O/c1-11(13-6-5-12(21-4)9-14(13)17)19-15-10-18-8-7-16(15)20(2)3/h5-11,19H,1-4H3. The smallest absolute Gasteiger partial charge is 0.132 e. The Morgan fingerprint density at radius 1 is 1.29 bits per heavy atom. The van der Waals surface area contributed by atoms with E-state index in [2.05, 4.69) is 10.3 Å². The molecule has 1 unspecified atom stereocenters. The van der Waals surface area contributed by atoms with E-state index in [1.165, 1.54) is 13.2 Å². The molecule has 0 radical (unpaired) electrons. The van der Waals surface area contributed by atoms with Crippen LogP contribution >= 0.6 is 0 Å². The highest BCUT2D eigenvalue weighted by Crippen LogP contribution is 2.29. The second-order valence-electron chi connectivity index (χ2n) is 5.04. The van der Waals surface area contributed by atoms with Crippen molar-refractivity contribution < 1.29 is 9.13 Å². The van der Waals surface area contributed by atoms with Crippen LogP contribution in [0, 0.1) is 5.82 Å². The van der Waals surface area contributed by atoms with Gasteiger partial charge < -0.3 is 15.0 Å². The highest BCUT2D eigenvalue weighted by Gasteiger charge is 2.14. The number of hydrogen-bond acceptors (Lipinski definition) is 4. The number of hydrogen-bond donors (Lipinski definition) is 1. The van der Waals surface area contributed by atoms with E-state index in [-0.39, 0.29) is 11.9 Å². The summed E-state index contributed by atoms with van der Waals surface area (Å²) in [6, 6.07) is 6.62. The fourth-order valence-electron chi connectivity index (χ4n) is 2.19. The number of nitrogens with one attached hydrogen (secondary N) is 1. The van der Waals surface area contributed by atoms with E-state index in [4.69, 9.17) is 4.74 Å². The second-order valence-corrected chi connectivity index (χ2v) is 5.04. The molecule has 0 saturated carbocycles. The third kappa shape index (κ3) is 3.42. The van der Waals surface area contributed by atoms with Crippen LogP contribution in [-0.4, -0.2) is 26.2 Å². The Kier molecular flexibility index (Phi) is 4.62. The third-order valence-electron chi connectivity index (χ3n) is 3.33. The van der Waals surface area contributed by atoms with Crippen molar-refractivity contribution in [1.82, 2.24) is 4.98 Å². The van der Waals surface area contributed by atoms with Crippen LogP contribution in [0.2, 0.25) is 0 Å². The van der Waals surface area contributed by atoms with Crippen molar-refractivity contribution in [3.63, 3.8) is 0 Å². The Hall–Kier alpha value is -2.30. The van der Waals surface area contributed by atoms with Gasteiger partial charge in [-0.1, -0.05) is 6.07 Å². The maximum Gasteiger partial charge on any atom is 0.132 e. The quantitative estimate of drug-likeness (QED) is 0.914. The van der Waals surface area contributed by atoms with E-state index in [0.717, 1.165) is 11.4 Å². The van der Waals surface area contributed by atoms with Gasteiger partial charge in [0, 0.05) is 31.9 Å². The van der Waals surface area contributed by atoms with Crippen LogP contribution in [0.4, 0.5) is 15.8 Å². The Morgan fingerprint density at radius 2 is 2.05 bits per heavy atom. The summed E-state index contributed by atoms with van der Waals surface area (Å²) < 4.78 is 19.1. The zero-order chi connectivity index (χ0) is 15.4. The first-order valence-electron chi connectivity index (χ1n) is 6.74. The molecule has 1 atom stereocenters. The molecule has 0 saturated heterocycles. The van der Waals surface area contributed by atoms with Gasteiger partial charge in [0.1, 0.15) is 11.6 Å². The molecule has 1 aromatic carbocycles. The normalized spacial score (nSPS) is 11.9. The Bertz CT molecular complexity index is 616. The molecule has 5 heteroatoms. The minimum atomic E-state index is -0.287. The van der Waals surface area contributed by atoms with Crippen LogP contribution < -0.4 is 15.0 Å². The Labute approximate surface area is 124 Å². The van der Waals surface area contributed by atoms with E-state index < -0.39 is 0 Å². The molecule has 0 bridgehead atoms. The van der Waals surface area contributed by atoms with Crippen LogP contribution in [-0.2, 0) is 0 Å². The number of anilines is 2. The predicted octanol–water partition coefficient (Wildman–Crippen LogP) is 3.47. The van der Waals surface area contributed by atoms with Gasteiger partial charge in [-0.05, 0) is 19.1 Å². The Morgan fingerprint density at radius 3 is 2.67 bits per heavy atom. The second kappa shape index (κ2) is 6.43. The molecule has 1 N–H and O–H groups in total. The van der Waals surface area contributed by atoms with E-state index in [0.29, 0.717) is 11.3 Å². The first kappa shape index (κ1) is 15.1. The van der Waals surface area contributed by atoms with E-state index in [1.807, 2.05) is 32.0 Å². The van der Waals surface area contributed by atoms with Gasteiger partial charge in [0.05, 0.1) is 30.7 Å². The summed E-state index contributed by atoms with van der Waals surface area (Å²) in [5.74, 6) is 0.225. The SMILES string of the molecule is COc1ccc(C(C)Nc2cnccc2N(C)C)c(F)c1. The van der Waals surface area contributed by atoms with E-state index in [9.17, 15) is 4.39 Å². The molecule has 21 heavy (non-hydrogen) atoms. The lowest BCUT2D eigenvalue weighted by Crippen LogP contribution is -2.15. The lowest BCUT2D eigenvalue weighted by molar-refractivity contribution is 0.410. The van der Waals surface area contributed by atoms with Gasteiger partial charge in [0.2, 0.25) is 0 Å². The number of benzene rings is 1. The van der Waals surface area contributed by atoms with Gasteiger partial charge in [0.25, 0.3) is 0 Å². The zero-order valence-electron chi connectivity index (χ0n) is 12.7. The van der Waals surface area contributed by atoms with Crippen LogP contribution in [0.25, 0.3) is 0 Å². The van der Waals surface area contributed by atoms with Crippen molar-refractivity contribution in [1.29, 1.82) is 0 Å². The molecule has 0 fully saturated rings. The molecule has 0 aliphatic carbocycles. The lowest BCUT2D eigenvalue weighted by Gasteiger charge is -2.22. The number of nitrogens with zero attached hydrogens (tertiary/aromatic N) is 2. The molecule has 0 aliphatic heterocycles. The van der Waals surface area contributed by atoms with Crippen molar-refractivity contribution in [2.45, 2.75) is 13.0 Å². The minimum absolute atomic E-state index is 0.182. The van der Waals surface area contributed by atoms with Gasteiger partial charge in [0.15, 0.2) is 0 Å². The molecule has 2 aromatic rings. The van der Waals surface area contributed by atoms with Crippen molar-refractivity contribution >= 4 is 11.4 Å². The number of rotatable bonds is 5. The monoisotopic (exact) mass is 289 g/mol. The van der Waals surface area contributed by atoms with E-state index in [1.54, 1.807) is 24.5 Å². The van der Waals surface area contributed by atoms with Gasteiger partial charge in [-0.2, -0.15) is 0 Å². The number of aromatic nitrogens is 1. The molecule has 1 heterocycles. The number of methoxy groups -OCH3 is 1. The highest BCUT2D eigenvalue weighted by atomic mass is 19.1. The lowest BCUT2D eigenvalue weighted by atomic mass is 10.1. The molecule has 0 aliphatic rings. The summed E-state index contributed by atoms with van der Waals surface area (Å²) >= 11 is 0. The maximum absolute atomic E-state index is 14.1. The van der Waals surface area contributed by atoms with Gasteiger partial charge in [-0.15, -0.1) is 0 Å². The fraction of sp³-hybridized carbons (Fsp3) is 0.312. The Balaban J connectivity index is 2.24. The minimum Gasteiger partial charge on any atom is -0.497 e. The van der Waals surface area contributed by atoms with Crippen LogP contribution in [0.1, 0.15) is 18.5 Å². The van der Waals surface area contributed by atoms with Crippen molar-refractivity contribution in [2.75, 3.05) is 31.4 Å². The van der Waals surface area contributed by atoms with Crippen molar-refractivity contribution in [2.24, 2.45) is 0 Å². The predicted molar refractivity (Wildman–Crippen MR) is 83.6 cm³/mol. The van der Waals surface area contributed by atoms with E-state index >= 15 is 0 Å². The summed E-state index contributed by atoms with van der Waals surface area (Å²) in [5, 5.41) is 3.30. The third-order valence-corrected chi connectivity index (χ3v) is 3.33. The number of ether oxygens (including phenoxy) is 1. The van der Waals surface area contributed by atoms with Crippen LogP contribution in [0.15, 0.2) is 36.7 Å². The molecule has 2 rings (SSSR count). The van der Waals surface area contributed by atoms with Gasteiger partial charge in [-0.25, -0.2) is 4.39 Å². The largest absolute Gasteiger partial charge is 0.497 e. The summed E-state index contributed by atoms with van der Waals surface area (Å²) in [7, 11) is 5.44. The molecular formula is C16H20FN3O. The summed E-state index contributed by atoms with van der Waals surface area (Å²) in [6.45, 7) is 1.91. The van der Waals surface area contributed by atoms with Crippen molar-refractivity contribution in [3.05, 3.63) is 48.0 Å². The molecule has 4 nitrogen and oxygen atoms in total. The van der Waals surface area contributed by atoms with Crippen LogP contribution in [0.5, 0.6) is 5.75 Å². The summed E-state index contributed by atoms with van der Waals surface area (Å²) in [6.07, 6.45) is 3.48. The molecule has 0 spiro atoms. The zero-order valence-corrected chi connectivity index (χ0v) is 12.7. The average molecular weight is 289 g/mol. The number of pyridine rings is 1. The van der Waals surface area contributed by atoms with Gasteiger partial charge >= 0.3 is 0 Å². The highest BCUT2D eigenvalue weighted by molar-refractivity contribution is 5.68. The van der Waals surface area contributed by atoms with Crippen LogP contribution in [0.3, 0.4) is 0 Å². The molecule has 0 amide bonds. The average Bonchev–Trinajstić information content (AvgIpc) is 2.47. The first-order valence-corrected chi connectivity index (χ1v) is 6.74. The van der Waals surface area contributed by atoms with Gasteiger partial charge in [-0.3, -0.25) is 4.98 Å². The van der Waals surface area contributed by atoms with Crippen molar-refractivity contribution in [3.8, 4) is 5.75 Å². The molecular weight excluding hydrogens is 269 g/mol.